The highest BCUT2D eigenvalue weighted by Crippen LogP contribution is 2.24. The topological polar surface area (TPSA) is 41.4 Å². The van der Waals surface area contributed by atoms with E-state index in [0.29, 0.717) is 6.54 Å². The molecule has 1 aliphatic rings. The Morgan fingerprint density at radius 1 is 1.00 bits per heavy atom. The maximum absolute atomic E-state index is 12.7. The lowest BCUT2D eigenvalue weighted by atomic mass is 10.1. The van der Waals surface area contributed by atoms with Crippen molar-refractivity contribution in [3.8, 4) is 11.3 Å². The van der Waals surface area contributed by atoms with E-state index in [4.69, 9.17) is 5.10 Å². The first kappa shape index (κ1) is 20.1. The summed E-state index contributed by atoms with van der Waals surface area (Å²) in [5.41, 5.74) is 5.31. The van der Waals surface area contributed by atoms with Crippen LogP contribution in [0.1, 0.15) is 16.7 Å². The van der Waals surface area contributed by atoms with Crippen LogP contribution in [-0.2, 0) is 11.3 Å². The number of carbonyl (C=O) groups is 1. The fraction of sp³-hybridized carbons (Fsp3) is 0.280. The molecule has 1 fully saturated rings. The van der Waals surface area contributed by atoms with Crippen molar-refractivity contribution in [3.05, 3.63) is 83.6 Å². The summed E-state index contributed by atoms with van der Waals surface area (Å²) in [5, 5.41) is 4.84. The van der Waals surface area contributed by atoms with Gasteiger partial charge in [-0.3, -0.25) is 9.48 Å². The minimum absolute atomic E-state index is 0.0637. The van der Waals surface area contributed by atoms with Crippen LogP contribution in [-0.4, -0.2) is 58.7 Å². The summed E-state index contributed by atoms with van der Waals surface area (Å²) in [4.78, 5) is 16.8. The van der Waals surface area contributed by atoms with Gasteiger partial charge >= 0.3 is 0 Å². The smallest absolute Gasteiger partial charge is 0.246 e. The van der Waals surface area contributed by atoms with Crippen LogP contribution in [0.3, 0.4) is 0 Å². The van der Waals surface area contributed by atoms with Crippen molar-refractivity contribution in [2.45, 2.75) is 13.5 Å². The van der Waals surface area contributed by atoms with E-state index in [0.717, 1.165) is 43.0 Å². The van der Waals surface area contributed by atoms with Gasteiger partial charge in [0.05, 0.1) is 12.2 Å². The van der Waals surface area contributed by atoms with Crippen LogP contribution in [0.2, 0.25) is 0 Å². The number of hydrogen-bond donors (Lipinski definition) is 0. The summed E-state index contributed by atoms with van der Waals surface area (Å²) in [5.74, 6) is 0.0637. The Morgan fingerprint density at radius 3 is 2.40 bits per heavy atom. The van der Waals surface area contributed by atoms with Gasteiger partial charge in [-0.1, -0.05) is 60.2 Å². The molecule has 2 heterocycles. The Morgan fingerprint density at radius 2 is 1.70 bits per heavy atom. The van der Waals surface area contributed by atoms with E-state index in [1.165, 1.54) is 11.1 Å². The van der Waals surface area contributed by atoms with Gasteiger partial charge in [0.1, 0.15) is 0 Å². The number of amides is 1. The number of rotatable bonds is 5. The molecule has 0 saturated carbocycles. The minimum atomic E-state index is 0.0637. The van der Waals surface area contributed by atoms with Gasteiger partial charge < -0.3 is 9.80 Å². The van der Waals surface area contributed by atoms with Crippen molar-refractivity contribution >= 4 is 12.0 Å². The molecule has 5 nitrogen and oxygen atoms in total. The van der Waals surface area contributed by atoms with Gasteiger partial charge in [-0.25, -0.2) is 0 Å². The molecule has 1 amide bonds. The standard InChI is InChI=1S/C25H28N4O/c1-20-8-10-22(11-9-20)25-23(12-13-24(30)28-16-14-27(2)15-17-28)19-29(26-25)18-21-6-4-3-5-7-21/h3-13,19H,14-18H2,1-2H3. The quantitative estimate of drug-likeness (QED) is 0.614. The van der Waals surface area contributed by atoms with Crippen molar-refractivity contribution in [3.63, 3.8) is 0 Å². The second-order valence-corrected chi connectivity index (χ2v) is 7.94. The summed E-state index contributed by atoms with van der Waals surface area (Å²) in [6.07, 6.45) is 5.62. The lowest BCUT2D eigenvalue weighted by molar-refractivity contribution is -0.127. The lowest BCUT2D eigenvalue weighted by Gasteiger charge is -2.31. The van der Waals surface area contributed by atoms with E-state index in [1.807, 2.05) is 40.1 Å². The van der Waals surface area contributed by atoms with Crippen LogP contribution >= 0.6 is 0 Å². The third kappa shape index (κ3) is 4.86. The van der Waals surface area contributed by atoms with Gasteiger partial charge in [0.25, 0.3) is 0 Å². The zero-order chi connectivity index (χ0) is 20.9. The fourth-order valence-corrected chi connectivity index (χ4v) is 3.64. The number of carbonyl (C=O) groups excluding carboxylic acids is 1. The molecule has 154 valence electrons. The van der Waals surface area contributed by atoms with E-state index in [9.17, 15) is 4.79 Å². The van der Waals surface area contributed by atoms with Gasteiger partial charge in [-0.05, 0) is 25.6 Å². The van der Waals surface area contributed by atoms with Crippen molar-refractivity contribution in [1.29, 1.82) is 0 Å². The third-order valence-corrected chi connectivity index (χ3v) is 5.52. The Hall–Kier alpha value is -3.18. The van der Waals surface area contributed by atoms with Gasteiger partial charge in [0.15, 0.2) is 0 Å². The maximum Gasteiger partial charge on any atom is 0.246 e. The number of likely N-dealkylation sites (N-methyl/N-ethyl adjacent to an activating group) is 1. The molecule has 5 heteroatoms. The largest absolute Gasteiger partial charge is 0.337 e. The number of aromatic nitrogens is 2. The lowest BCUT2D eigenvalue weighted by Crippen LogP contribution is -2.46. The second-order valence-electron chi connectivity index (χ2n) is 7.94. The van der Waals surface area contributed by atoms with E-state index in [-0.39, 0.29) is 5.91 Å². The third-order valence-electron chi connectivity index (χ3n) is 5.52. The van der Waals surface area contributed by atoms with Crippen LogP contribution in [0.4, 0.5) is 0 Å². The number of hydrogen-bond acceptors (Lipinski definition) is 3. The minimum Gasteiger partial charge on any atom is -0.337 e. The van der Waals surface area contributed by atoms with Gasteiger partial charge in [0.2, 0.25) is 5.91 Å². The molecular weight excluding hydrogens is 372 g/mol. The Bertz CT molecular complexity index is 1010. The molecule has 0 radical (unpaired) electrons. The van der Waals surface area contributed by atoms with Gasteiger partial charge in [-0.15, -0.1) is 0 Å². The molecule has 3 aromatic rings. The predicted molar refractivity (Wildman–Crippen MR) is 121 cm³/mol. The van der Waals surface area contributed by atoms with Crippen LogP contribution in [0.15, 0.2) is 66.9 Å². The molecule has 1 saturated heterocycles. The molecule has 0 aliphatic carbocycles. The van der Waals surface area contributed by atoms with Crippen molar-refractivity contribution in [1.82, 2.24) is 19.6 Å². The molecule has 4 rings (SSSR count). The number of nitrogens with zero attached hydrogens (tertiary/aromatic N) is 4. The molecule has 0 spiro atoms. The average molecular weight is 401 g/mol. The van der Waals surface area contributed by atoms with Crippen LogP contribution < -0.4 is 0 Å². The highest BCUT2D eigenvalue weighted by Gasteiger charge is 2.17. The second kappa shape index (κ2) is 9.09. The molecule has 2 aromatic carbocycles. The molecule has 0 bridgehead atoms. The molecule has 1 aromatic heterocycles. The molecular formula is C25H28N4O. The predicted octanol–water partition coefficient (Wildman–Crippen LogP) is 3.69. The fourth-order valence-electron chi connectivity index (χ4n) is 3.64. The van der Waals surface area contributed by atoms with E-state index < -0.39 is 0 Å². The normalized spacial score (nSPS) is 15.1. The summed E-state index contributed by atoms with van der Waals surface area (Å²) >= 11 is 0. The SMILES string of the molecule is Cc1ccc(-c2nn(Cc3ccccc3)cc2C=CC(=O)N2CCN(C)CC2)cc1. The maximum atomic E-state index is 12.7. The molecule has 1 aliphatic heterocycles. The highest BCUT2D eigenvalue weighted by molar-refractivity contribution is 5.93. The molecule has 0 atom stereocenters. The number of piperazine rings is 1. The van der Waals surface area contributed by atoms with E-state index >= 15 is 0 Å². The zero-order valence-electron chi connectivity index (χ0n) is 17.7. The highest BCUT2D eigenvalue weighted by atomic mass is 16.2. The van der Waals surface area contributed by atoms with E-state index in [1.54, 1.807) is 6.08 Å². The van der Waals surface area contributed by atoms with Crippen LogP contribution in [0, 0.1) is 6.92 Å². The first-order valence-electron chi connectivity index (χ1n) is 10.4. The molecule has 0 N–H and O–H groups in total. The van der Waals surface area contributed by atoms with Gasteiger partial charge in [0, 0.05) is 49.6 Å². The zero-order valence-corrected chi connectivity index (χ0v) is 17.7. The Balaban J connectivity index is 1.59. The summed E-state index contributed by atoms with van der Waals surface area (Å²) < 4.78 is 1.95. The first-order valence-corrected chi connectivity index (χ1v) is 10.4. The first-order chi connectivity index (χ1) is 14.6. The van der Waals surface area contributed by atoms with Gasteiger partial charge in [-0.2, -0.15) is 5.10 Å². The number of benzene rings is 2. The summed E-state index contributed by atoms with van der Waals surface area (Å²) in [7, 11) is 2.09. The van der Waals surface area contributed by atoms with Crippen molar-refractivity contribution < 1.29 is 4.79 Å². The van der Waals surface area contributed by atoms with Crippen molar-refractivity contribution in [2.24, 2.45) is 0 Å². The molecule has 0 unspecified atom stereocenters. The summed E-state index contributed by atoms with van der Waals surface area (Å²) in [6.45, 7) is 6.16. The van der Waals surface area contributed by atoms with E-state index in [2.05, 4.69) is 55.3 Å². The van der Waals surface area contributed by atoms with Crippen molar-refractivity contribution in [2.75, 3.05) is 33.2 Å². The number of aryl methyl sites for hydroxylation is 1. The average Bonchev–Trinajstić information content (AvgIpc) is 3.16. The summed E-state index contributed by atoms with van der Waals surface area (Å²) in [6, 6.07) is 18.6. The molecule has 30 heavy (non-hydrogen) atoms. The van der Waals surface area contributed by atoms with Crippen LogP contribution in [0.5, 0.6) is 0 Å². The van der Waals surface area contributed by atoms with Crippen LogP contribution in [0.25, 0.3) is 17.3 Å². The Kier molecular flexibility index (Phi) is 6.10. The Labute approximate surface area is 178 Å². The monoisotopic (exact) mass is 400 g/mol.